The first kappa shape index (κ1) is 18.9. The minimum atomic E-state index is -0.292. The molecular formula is C20H28ClN5O. The van der Waals surface area contributed by atoms with E-state index in [0.29, 0.717) is 11.1 Å². The highest BCUT2D eigenvalue weighted by molar-refractivity contribution is 6.30. The molecule has 0 unspecified atom stereocenters. The first-order chi connectivity index (χ1) is 13.1. The zero-order valence-corrected chi connectivity index (χ0v) is 16.6. The van der Waals surface area contributed by atoms with Crippen molar-refractivity contribution in [2.75, 3.05) is 46.3 Å². The van der Waals surface area contributed by atoms with Gasteiger partial charge in [0, 0.05) is 69.9 Å². The quantitative estimate of drug-likeness (QED) is 0.862. The second-order valence-corrected chi connectivity index (χ2v) is 8.14. The van der Waals surface area contributed by atoms with Crippen LogP contribution in [0.1, 0.15) is 12.1 Å². The molecule has 2 saturated heterocycles. The Morgan fingerprint density at radius 2 is 1.96 bits per heavy atom. The van der Waals surface area contributed by atoms with Gasteiger partial charge in [-0.1, -0.05) is 11.6 Å². The first-order valence-corrected chi connectivity index (χ1v) is 10.1. The molecule has 4 rings (SSSR count). The van der Waals surface area contributed by atoms with Gasteiger partial charge in [0.1, 0.15) is 5.82 Å². The Hall–Kier alpha value is -1.44. The van der Waals surface area contributed by atoms with Crippen molar-refractivity contribution >= 4 is 11.6 Å². The number of hydrogen-bond donors (Lipinski definition) is 1. The van der Waals surface area contributed by atoms with Gasteiger partial charge in [0.2, 0.25) is 0 Å². The largest absolute Gasteiger partial charge is 0.390 e. The van der Waals surface area contributed by atoms with Crippen LogP contribution in [0.5, 0.6) is 0 Å². The fourth-order valence-electron chi connectivity index (χ4n) is 4.22. The number of hydrogen-bond acceptors (Lipinski definition) is 5. The van der Waals surface area contributed by atoms with Crippen molar-refractivity contribution in [3.8, 4) is 5.82 Å². The summed E-state index contributed by atoms with van der Waals surface area (Å²) in [5, 5.41) is 11.4. The van der Waals surface area contributed by atoms with Gasteiger partial charge in [-0.2, -0.15) is 0 Å². The molecular weight excluding hydrogens is 362 g/mol. The molecule has 0 aromatic carbocycles. The van der Waals surface area contributed by atoms with E-state index in [1.54, 1.807) is 6.20 Å². The summed E-state index contributed by atoms with van der Waals surface area (Å²) in [7, 11) is 2.17. The highest BCUT2D eigenvalue weighted by Crippen LogP contribution is 2.21. The van der Waals surface area contributed by atoms with Crippen LogP contribution in [0.25, 0.3) is 5.82 Å². The van der Waals surface area contributed by atoms with Crippen LogP contribution in [-0.4, -0.2) is 87.8 Å². The van der Waals surface area contributed by atoms with Crippen molar-refractivity contribution in [3.63, 3.8) is 0 Å². The first-order valence-electron chi connectivity index (χ1n) is 9.71. The van der Waals surface area contributed by atoms with E-state index in [0.717, 1.165) is 58.1 Å². The topological polar surface area (TPSA) is 47.8 Å². The highest BCUT2D eigenvalue weighted by atomic mass is 35.5. The van der Waals surface area contributed by atoms with E-state index in [4.69, 9.17) is 11.6 Å². The Balaban J connectivity index is 1.38. The zero-order valence-electron chi connectivity index (χ0n) is 15.8. The van der Waals surface area contributed by atoms with Gasteiger partial charge in [-0.3, -0.25) is 9.80 Å². The number of rotatable bonds is 4. The normalized spacial score (nSPS) is 25.7. The number of β-amino-alcohol motifs (C(OH)–C–C–N with tert-alkyl or cyclic N) is 1. The molecule has 0 bridgehead atoms. The van der Waals surface area contributed by atoms with Gasteiger partial charge in [-0.05, 0) is 37.7 Å². The van der Waals surface area contributed by atoms with Crippen LogP contribution in [-0.2, 0) is 6.54 Å². The molecule has 1 N–H and O–H groups in total. The molecule has 0 spiro atoms. The van der Waals surface area contributed by atoms with Gasteiger partial charge in [0.25, 0.3) is 0 Å². The molecule has 0 aliphatic carbocycles. The summed E-state index contributed by atoms with van der Waals surface area (Å²) in [4.78, 5) is 11.6. The van der Waals surface area contributed by atoms with Gasteiger partial charge in [-0.15, -0.1) is 0 Å². The molecule has 2 aliphatic rings. The van der Waals surface area contributed by atoms with Crippen LogP contribution in [0.4, 0.5) is 0 Å². The van der Waals surface area contributed by atoms with Crippen LogP contribution in [0.3, 0.4) is 0 Å². The molecule has 7 heteroatoms. The predicted molar refractivity (Wildman–Crippen MR) is 107 cm³/mol. The standard InChI is InChI=1S/C20H28ClN5O/c1-23-9-11-25(12-10-23)18-6-8-24(15-19(18)27)14-17-3-2-7-26(17)20-5-4-16(21)13-22-20/h2-5,7,13,18-19,27H,6,8-12,14-15H2,1H3/t18-,19-/m1/s1. The third-order valence-electron chi connectivity index (χ3n) is 5.81. The Labute approximate surface area is 166 Å². The maximum Gasteiger partial charge on any atom is 0.136 e. The van der Waals surface area contributed by atoms with Gasteiger partial charge in [0.05, 0.1) is 11.1 Å². The third kappa shape index (κ3) is 4.36. The van der Waals surface area contributed by atoms with E-state index in [1.807, 2.05) is 24.4 Å². The number of nitrogens with zero attached hydrogens (tertiary/aromatic N) is 5. The number of aromatic nitrogens is 2. The molecule has 2 aromatic rings. The number of likely N-dealkylation sites (N-methyl/N-ethyl adjacent to an activating group) is 1. The Morgan fingerprint density at radius 3 is 2.67 bits per heavy atom. The summed E-state index contributed by atoms with van der Waals surface area (Å²) in [6, 6.07) is 8.24. The summed E-state index contributed by atoms with van der Waals surface area (Å²) in [6.07, 6.45) is 4.43. The van der Waals surface area contributed by atoms with Crippen molar-refractivity contribution in [2.24, 2.45) is 0 Å². The molecule has 0 radical (unpaired) electrons. The van der Waals surface area contributed by atoms with Gasteiger partial charge in [-0.25, -0.2) is 4.98 Å². The molecule has 2 atom stereocenters. The molecule has 2 aromatic heterocycles. The van der Waals surface area contributed by atoms with Crippen LogP contribution < -0.4 is 0 Å². The van der Waals surface area contributed by atoms with E-state index < -0.39 is 0 Å². The summed E-state index contributed by atoms with van der Waals surface area (Å²) >= 11 is 5.96. The lowest BCUT2D eigenvalue weighted by Gasteiger charge is -2.44. The minimum absolute atomic E-state index is 0.291. The molecule has 4 heterocycles. The van der Waals surface area contributed by atoms with Crippen LogP contribution in [0.2, 0.25) is 5.02 Å². The minimum Gasteiger partial charge on any atom is -0.390 e. The maximum absolute atomic E-state index is 10.8. The smallest absolute Gasteiger partial charge is 0.136 e. The van der Waals surface area contributed by atoms with Crippen LogP contribution >= 0.6 is 11.6 Å². The van der Waals surface area contributed by atoms with Crippen molar-refractivity contribution in [3.05, 3.63) is 47.4 Å². The van der Waals surface area contributed by atoms with Crippen LogP contribution in [0.15, 0.2) is 36.7 Å². The number of piperazine rings is 1. The van der Waals surface area contributed by atoms with E-state index in [-0.39, 0.29) is 6.10 Å². The van der Waals surface area contributed by atoms with Crippen molar-refractivity contribution < 1.29 is 5.11 Å². The molecule has 6 nitrogen and oxygen atoms in total. The lowest BCUT2D eigenvalue weighted by molar-refractivity contribution is -0.0289. The lowest BCUT2D eigenvalue weighted by atomic mass is 9.99. The van der Waals surface area contributed by atoms with Crippen molar-refractivity contribution in [2.45, 2.75) is 25.1 Å². The predicted octanol–water partition coefficient (Wildman–Crippen LogP) is 1.71. The summed E-state index contributed by atoms with van der Waals surface area (Å²) in [5.41, 5.74) is 1.18. The lowest BCUT2D eigenvalue weighted by Crippen LogP contribution is -2.58. The molecule has 27 heavy (non-hydrogen) atoms. The second-order valence-electron chi connectivity index (χ2n) is 7.70. The molecule has 2 fully saturated rings. The zero-order chi connectivity index (χ0) is 18.8. The molecule has 146 valence electrons. The Morgan fingerprint density at radius 1 is 1.15 bits per heavy atom. The SMILES string of the molecule is CN1CCN([C@@H]2CCN(Cc3cccn3-c3ccc(Cl)cn3)C[C@H]2O)CC1. The van der Waals surface area contributed by atoms with Crippen molar-refractivity contribution in [1.82, 2.24) is 24.3 Å². The monoisotopic (exact) mass is 389 g/mol. The van der Waals surface area contributed by atoms with Crippen molar-refractivity contribution in [1.29, 1.82) is 0 Å². The summed E-state index contributed by atoms with van der Waals surface area (Å²) < 4.78 is 2.09. The van der Waals surface area contributed by atoms with E-state index in [9.17, 15) is 5.11 Å². The number of aliphatic hydroxyl groups excluding tert-OH is 1. The molecule has 2 aliphatic heterocycles. The average Bonchev–Trinajstić information content (AvgIpc) is 3.12. The fraction of sp³-hybridized carbons (Fsp3) is 0.550. The number of likely N-dealkylation sites (tertiary alicyclic amines) is 1. The molecule has 0 saturated carbocycles. The number of halogens is 1. The van der Waals surface area contributed by atoms with E-state index >= 15 is 0 Å². The average molecular weight is 390 g/mol. The highest BCUT2D eigenvalue weighted by Gasteiger charge is 2.33. The van der Waals surface area contributed by atoms with E-state index in [2.05, 4.69) is 37.4 Å². The molecule has 0 amide bonds. The fourth-order valence-corrected chi connectivity index (χ4v) is 4.33. The number of pyridine rings is 1. The Kier molecular flexibility index (Phi) is 5.80. The van der Waals surface area contributed by atoms with E-state index in [1.165, 1.54) is 5.69 Å². The maximum atomic E-state index is 10.8. The van der Waals surface area contributed by atoms with Gasteiger partial charge < -0.3 is 14.6 Å². The van der Waals surface area contributed by atoms with Gasteiger partial charge in [0.15, 0.2) is 0 Å². The summed E-state index contributed by atoms with van der Waals surface area (Å²) in [5.74, 6) is 0.868. The number of piperidine rings is 1. The van der Waals surface area contributed by atoms with Gasteiger partial charge >= 0.3 is 0 Å². The number of aliphatic hydroxyl groups is 1. The van der Waals surface area contributed by atoms with Crippen LogP contribution in [0, 0.1) is 0 Å². The second kappa shape index (κ2) is 8.29. The summed E-state index contributed by atoms with van der Waals surface area (Å²) in [6.45, 7) is 6.84. The Bertz CT molecular complexity index is 741. The third-order valence-corrected chi connectivity index (χ3v) is 6.04.